The molecular weight excluding hydrogens is 266 g/mol. The van der Waals surface area contributed by atoms with Crippen molar-refractivity contribution in [1.29, 1.82) is 0 Å². The Morgan fingerprint density at radius 2 is 2.00 bits per heavy atom. The third-order valence-electron chi connectivity index (χ3n) is 4.11. The van der Waals surface area contributed by atoms with Crippen molar-refractivity contribution in [3.63, 3.8) is 0 Å². The molecule has 0 aliphatic carbocycles. The number of thiocarbonyl (C=S) groups is 1. The zero-order valence-corrected chi connectivity index (χ0v) is 13.3. The second-order valence-electron chi connectivity index (χ2n) is 5.91. The molecule has 1 heterocycles. The first-order chi connectivity index (χ1) is 9.54. The lowest BCUT2D eigenvalue weighted by Gasteiger charge is -2.35. The van der Waals surface area contributed by atoms with E-state index in [4.69, 9.17) is 18.0 Å². The minimum atomic E-state index is 0.561. The molecule has 0 amide bonds. The normalized spacial score (nSPS) is 17.6. The van der Waals surface area contributed by atoms with E-state index >= 15 is 0 Å². The average Bonchev–Trinajstić information content (AvgIpc) is 2.39. The van der Waals surface area contributed by atoms with Gasteiger partial charge < -0.3 is 10.6 Å². The quantitative estimate of drug-likeness (QED) is 0.842. The second-order valence-corrected chi connectivity index (χ2v) is 6.44. The number of nitrogens with two attached hydrogens (primary N) is 1. The number of rotatable bonds is 5. The summed E-state index contributed by atoms with van der Waals surface area (Å²) in [6, 6.07) is 9.31. The van der Waals surface area contributed by atoms with Crippen molar-refractivity contribution in [3.05, 3.63) is 35.4 Å². The first kappa shape index (κ1) is 15.4. The maximum Gasteiger partial charge on any atom is 0.0771 e. The smallest absolute Gasteiger partial charge is 0.0771 e. The topological polar surface area (TPSA) is 32.5 Å². The Morgan fingerprint density at radius 1 is 1.35 bits per heavy atom. The second kappa shape index (κ2) is 7.16. The van der Waals surface area contributed by atoms with Gasteiger partial charge in [0.2, 0.25) is 0 Å². The van der Waals surface area contributed by atoms with Gasteiger partial charge in [-0.05, 0) is 51.2 Å². The summed E-state index contributed by atoms with van der Waals surface area (Å²) in [6.45, 7) is 3.41. The third-order valence-corrected chi connectivity index (χ3v) is 4.26. The first-order valence-corrected chi connectivity index (χ1v) is 7.70. The number of piperidine rings is 1. The molecule has 0 unspecified atom stereocenters. The summed E-state index contributed by atoms with van der Waals surface area (Å²) in [4.78, 5) is 5.45. The molecule has 0 aromatic heterocycles. The molecule has 2 rings (SSSR count). The van der Waals surface area contributed by atoms with Gasteiger partial charge in [0.05, 0.1) is 4.99 Å². The van der Waals surface area contributed by atoms with Crippen LogP contribution in [0.15, 0.2) is 24.3 Å². The van der Waals surface area contributed by atoms with E-state index in [0.717, 1.165) is 6.54 Å². The fourth-order valence-corrected chi connectivity index (χ4v) is 3.06. The number of likely N-dealkylation sites (tertiary alicyclic amines) is 1. The molecule has 1 aromatic carbocycles. The summed E-state index contributed by atoms with van der Waals surface area (Å²) in [7, 11) is 4.44. The van der Waals surface area contributed by atoms with E-state index in [1.165, 1.54) is 37.1 Å². The Hall–Kier alpha value is -0.970. The van der Waals surface area contributed by atoms with Gasteiger partial charge in [-0.25, -0.2) is 0 Å². The van der Waals surface area contributed by atoms with Crippen LogP contribution in [0, 0.1) is 0 Å². The molecule has 1 aromatic rings. The van der Waals surface area contributed by atoms with Gasteiger partial charge in [0.1, 0.15) is 0 Å². The van der Waals surface area contributed by atoms with Gasteiger partial charge in [-0.2, -0.15) is 0 Å². The summed E-state index contributed by atoms with van der Waals surface area (Å²) in [5, 5.41) is 0. The highest BCUT2D eigenvalue weighted by atomic mass is 32.1. The molecule has 0 bridgehead atoms. The van der Waals surface area contributed by atoms with E-state index in [-0.39, 0.29) is 0 Å². The van der Waals surface area contributed by atoms with Crippen molar-refractivity contribution >= 4 is 17.2 Å². The minimum Gasteiger partial charge on any atom is -0.393 e. The lowest BCUT2D eigenvalue weighted by atomic mass is 10.0. The summed E-state index contributed by atoms with van der Waals surface area (Å²) in [6.07, 6.45) is 3.22. The van der Waals surface area contributed by atoms with Gasteiger partial charge in [-0.15, -0.1) is 0 Å². The van der Waals surface area contributed by atoms with Gasteiger partial charge >= 0.3 is 0 Å². The van der Waals surface area contributed by atoms with Gasteiger partial charge in [-0.1, -0.05) is 36.5 Å². The highest BCUT2D eigenvalue weighted by Gasteiger charge is 2.20. The van der Waals surface area contributed by atoms with Gasteiger partial charge in [0.25, 0.3) is 0 Å². The Morgan fingerprint density at radius 3 is 2.65 bits per heavy atom. The Bertz CT molecular complexity index is 453. The Balaban J connectivity index is 1.93. The highest BCUT2D eigenvalue weighted by molar-refractivity contribution is 7.80. The standard InChI is InChI=1S/C16H25N3S/c1-18-8-6-15(7-9-18)19(2)12-14-5-3-4-13(10-14)11-16(17)20/h3-5,10,15H,6-9,11-12H2,1-2H3,(H2,17,20). The number of benzene rings is 1. The summed E-state index contributed by atoms with van der Waals surface area (Å²) in [5.74, 6) is 0. The maximum absolute atomic E-state index is 5.62. The van der Waals surface area contributed by atoms with Crippen LogP contribution in [0.1, 0.15) is 24.0 Å². The van der Waals surface area contributed by atoms with Gasteiger partial charge in [0.15, 0.2) is 0 Å². The van der Waals surface area contributed by atoms with Crippen LogP contribution in [-0.4, -0.2) is 48.0 Å². The van der Waals surface area contributed by atoms with Crippen molar-refractivity contribution in [2.75, 3.05) is 27.2 Å². The van der Waals surface area contributed by atoms with E-state index in [9.17, 15) is 0 Å². The third kappa shape index (κ3) is 4.54. The zero-order valence-electron chi connectivity index (χ0n) is 12.5. The van der Waals surface area contributed by atoms with Gasteiger partial charge in [0, 0.05) is 19.0 Å². The van der Waals surface area contributed by atoms with Crippen LogP contribution < -0.4 is 5.73 Å². The Labute approximate surface area is 127 Å². The molecule has 110 valence electrons. The molecule has 0 spiro atoms. The van der Waals surface area contributed by atoms with Crippen LogP contribution >= 0.6 is 12.2 Å². The van der Waals surface area contributed by atoms with Gasteiger partial charge in [-0.3, -0.25) is 4.90 Å². The molecular formula is C16H25N3S. The molecule has 0 saturated carbocycles. The fourth-order valence-electron chi connectivity index (χ4n) is 2.89. The summed E-state index contributed by atoms with van der Waals surface area (Å²) < 4.78 is 0. The zero-order chi connectivity index (χ0) is 14.5. The number of hydrogen-bond donors (Lipinski definition) is 1. The van der Waals surface area contributed by atoms with E-state index in [1.54, 1.807) is 0 Å². The molecule has 2 N–H and O–H groups in total. The molecule has 3 nitrogen and oxygen atoms in total. The molecule has 4 heteroatoms. The maximum atomic E-state index is 5.62. The highest BCUT2D eigenvalue weighted by Crippen LogP contribution is 2.17. The van der Waals surface area contributed by atoms with Crippen LogP contribution in [0.3, 0.4) is 0 Å². The summed E-state index contributed by atoms with van der Waals surface area (Å²) >= 11 is 4.98. The molecule has 20 heavy (non-hydrogen) atoms. The predicted octanol–water partition coefficient (Wildman–Crippen LogP) is 2.04. The van der Waals surface area contributed by atoms with E-state index in [1.807, 2.05) is 0 Å². The van der Waals surface area contributed by atoms with E-state index in [0.29, 0.717) is 17.5 Å². The predicted molar refractivity (Wildman–Crippen MR) is 88.9 cm³/mol. The molecule has 1 fully saturated rings. The van der Waals surface area contributed by atoms with Crippen LogP contribution in [0.5, 0.6) is 0 Å². The number of nitrogens with zero attached hydrogens (tertiary/aromatic N) is 2. The van der Waals surface area contributed by atoms with Crippen molar-refractivity contribution in [3.8, 4) is 0 Å². The van der Waals surface area contributed by atoms with Crippen LogP contribution in [-0.2, 0) is 13.0 Å². The van der Waals surface area contributed by atoms with Crippen molar-refractivity contribution in [2.45, 2.75) is 31.8 Å². The van der Waals surface area contributed by atoms with Crippen molar-refractivity contribution in [1.82, 2.24) is 9.80 Å². The fraction of sp³-hybridized carbons (Fsp3) is 0.562. The van der Waals surface area contributed by atoms with Crippen LogP contribution in [0.4, 0.5) is 0 Å². The Kier molecular flexibility index (Phi) is 5.52. The average molecular weight is 291 g/mol. The molecule has 1 aliphatic heterocycles. The SMILES string of the molecule is CN1CCC(N(C)Cc2cccc(CC(N)=S)c2)CC1. The largest absolute Gasteiger partial charge is 0.393 e. The molecule has 0 atom stereocenters. The molecule has 1 aliphatic rings. The molecule has 1 saturated heterocycles. The monoisotopic (exact) mass is 291 g/mol. The minimum absolute atomic E-state index is 0.561. The first-order valence-electron chi connectivity index (χ1n) is 7.29. The van der Waals surface area contributed by atoms with Crippen LogP contribution in [0.2, 0.25) is 0 Å². The lowest BCUT2D eigenvalue weighted by Crippen LogP contribution is -2.41. The van der Waals surface area contributed by atoms with Crippen molar-refractivity contribution in [2.24, 2.45) is 5.73 Å². The van der Waals surface area contributed by atoms with Crippen LogP contribution in [0.25, 0.3) is 0 Å². The molecule has 0 radical (unpaired) electrons. The van der Waals surface area contributed by atoms with E-state index < -0.39 is 0 Å². The van der Waals surface area contributed by atoms with Crippen molar-refractivity contribution < 1.29 is 0 Å². The summed E-state index contributed by atoms with van der Waals surface area (Å²) in [5.41, 5.74) is 8.18. The lowest BCUT2D eigenvalue weighted by molar-refractivity contribution is 0.139. The number of hydrogen-bond acceptors (Lipinski definition) is 3. The van der Waals surface area contributed by atoms with E-state index in [2.05, 4.69) is 48.2 Å².